The van der Waals surface area contributed by atoms with Gasteiger partial charge < -0.3 is 9.32 Å². The molecule has 0 saturated carbocycles. The summed E-state index contributed by atoms with van der Waals surface area (Å²) in [5, 5.41) is 0. The predicted octanol–water partition coefficient (Wildman–Crippen LogP) is 5.86. The van der Waals surface area contributed by atoms with Gasteiger partial charge in [0.25, 0.3) is 0 Å². The van der Waals surface area contributed by atoms with Gasteiger partial charge in [-0.15, -0.1) is 0 Å². The molecule has 1 atom stereocenters. The van der Waals surface area contributed by atoms with Crippen molar-refractivity contribution in [3.63, 3.8) is 0 Å². The third kappa shape index (κ3) is 2.49. The molecule has 0 spiro atoms. The Labute approximate surface area is 168 Å². The predicted molar refractivity (Wildman–Crippen MR) is 115 cm³/mol. The molecule has 1 aliphatic heterocycles. The number of anilines is 1. The Hall–Kier alpha value is -3.79. The Morgan fingerprint density at radius 1 is 0.793 bits per heavy atom. The van der Waals surface area contributed by atoms with Crippen molar-refractivity contribution in [3.8, 4) is 11.4 Å². The van der Waals surface area contributed by atoms with Crippen molar-refractivity contribution in [1.29, 1.82) is 0 Å². The zero-order valence-electron chi connectivity index (χ0n) is 15.8. The average molecular weight is 377 g/mol. The number of imidazole rings is 1. The molecule has 1 aliphatic rings. The van der Waals surface area contributed by atoms with E-state index < -0.39 is 0 Å². The summed E-state index contributed by atoms with van der Waals surface area (Å²) in [5.41, 5.74) is 5.67. The molecule has 0 amide bonds. The second kappa shape index (κ2) is 6.38. The molecule has 5 aromatic rings. The molecule has 4 heteroatoms. The van der Waals surface area contributed by atoms with Crippen LogP contribution < -0.4 is 4.90 Å². The lowest BCUT2D eigenvalue weighted by atomic mass is 10.0. The van der Waals surface area contributed by atoms with Gasteiger partial charge in [0.05, 0.1) is 17.3 Å². The number of nitrogens with zero attached hydrogens (tertiary/aromatic N) is 3. The summed E-state index contributed by atoms with van der Waals surface area (Å²) in [6.07, 6.45) is 1.64. The number of aromatic nitrogens is 2. The minimum absolute atomic E-state index is 0.109. The summed E-state index contributed by atoms with van der Waals surface area (Å²) >= 11 is 0. The molecule has 6 rings (SSSR count). The Morgan fingerprint density at radius 2 is 1.59 bits per heavy atom. The van der Waals surface area contributed by atoms with Crippen molar-refractivity contribution < 1.29 is 4.42 Å². The van der Waals surface area contributed by atoms with Gasteiger partial charge in [-0.25, -0.2) is 4.98 Å². The largest absolute Gasteiger partial charge is 0.465 e. The Bertz CT molecular complexity index is 1290. The smallest absolute Gasteiger partial charge is 0.167 e. The molecule has 3 aromatic carbocycles. The number of furan rings is 1. The van der Waals surface area contributed by atoms with Crippen LogP contribution in [-0.4, -0.2) is 9.55 Å². The van der Waals surface area contributed by atoms with E-state index in [0.717, 1.165) is 34.7 Å². The Morgan fingerprint density at radius 3 is 2.45 bits per heavy atom. The van der Waals surface area contributed by atoms with Crippen LogP contribution in [0.1, 0.15) is 17.5 Å². The molecule has 0 aliphatic carbocycles. The molecular formula is C25H19N3O. The van der Waals surface area contributed by atoms with E-state index in [9.17, 15) is 0 Å². The number of benzene rings is 3. The van der Waals surface area contributed by atoms with Crippen molar-refractivity contribution in [3.05, 3.63) is 109 Å². The molecule has 2 aromatic heterocycles. The quantitative estimate of drug-likeness (QED) is 0.395. The summed E-state index contributed by atoms with van der Waals surface area (Å²) in [6.45, 7) is 0.773. The van der Waals surface area contributed by atoms with E-state index in [2.05, 4.69) is 88.3 Å². The summed E-state index contributed by atoms with van der Waals surface area (Å²) in [6, 6.07) is 31.4. The topological polar surface area (TPSA) is 34.2 Å². The van der Waals surface area contributed by atoms with Crippen molar-refractivity contribution in [2.24, 2.45) is 0 Å². The van der Waals surface area contributed by atoms with Gasteiger partial charge in [-0.05, 0) is 42.0 Å². The van der Waals surface area contributed by atoms with Gasteiger partial charge in [0.2, 0.25) is 0 Å². The molecule has 0 N–H and O–H groups in total. The van der Waals surface area contributed by atoms with E-state index in [4.69, 9.17) is 9.40 Å². The van der Waals surface area contributed by atoms with Crippen molar-refractivity contribution >= 4 is 16.7 Å². The summed E-state index contributed by atoms with van der Waals surface area (Å²) in [4.78, 5) is 7.40. The van der Waals surface area contributed by atoms with Gasteiger partial charge >= 0.3 is 0 Å². The summed E-state index contributed by atoms with van der Waals surface area (Å²) in [5.74, 6) is 1.88. The summed E-state index contributed by atoms with van der Waals surface area (Å²) in [7, 11) is 0. The second-order valence-electron chi connectivity index (χ2n) is 7.31. The zero-order chi connectivity index (χ0) is 19.2. The fourth-order valence-corrected chi connectivity index (χ4v) is 4.34. The van der Waals surface area contributed by atoms with Crippen molar-refractivity contribution in [2.75, 3.05) is 4.90 Å². The van der Waals surface area contributed by atoms with E-state index in [-0.39, 0.29) is 6.17 Å². The number of hydrogen-bond donors (Lipinski definition) is 0. The Kier molecular flexibility index (Phi) is 3.56. The average Bonchev–Trinajstić information content (AvgIpc) is 3.43. The maximum absolute atomic E-state index is 5.94. The molecule has 3 heterocycles. The molecule has 0 radical (unpaired) electrons. The highest BCUT2D eigenvalue weighted by atomic mass is 16.3. The van der Waals surface area contributed by atoms with Crippen molar-refractivity contribution in [1.82, 2.24) is 9.55 Å². The van der Waals surface area contributed by atoms with Crippen LogP contribution in [0.3, 0.4) is 0 Å². The first-order chi connectivity index (χ1) is 14.4. The van der Waals surface area contributed by atoms with Gasteiger partial charge in [-0.2, -0.15) is 0 Å². The number of para-hydroxylation sites is 3. The molecule has 0 fully saturated rings. The van der Waals surface area contributed by atoms with Crippen LogP contribution in [0.4, 0.5) is 5.69 Å². The molecule has 0 saturated heterocycles. The highest BCUT2D eigenvalue weighted by Crippen LogP contribution is 2.45. The summed E-state index contributed by atoms with van der Waals surface area (Å²) < 4.78 is 8.25. The number of hydrogen-bond acceptors (Lipinski definition) is 3. The third-order valence-corrected chi connectivity index (χ3v) is 5.58. The maximum atomic E-state index is 5.94. The number of rotatable bonds is 3. The normalized spacial score (nSPS) is 15.3. The molecular weight excluding hydrogens is 358 g/mol. The molecule has 140 valence electrons. The van der Waals surface area contributed by atoms with E-state index in [0.29, 0.717) is 0 Å². The van der Waals surface area contributed by atoms with Gasteiger partial charge in [-0.3, -0.25) is 4.57 Å². The minimum atomic E-state index is -0.109. The van der Waals surface area contributed by atoms with Crippen molar-refractivity contribution in [2.45, 2.75) is 12.7 Å². The first kappa shape index (κ1) is 16.2. The monoisotopic (exact) mass is 377 g/mol. The van der Waals surface area contributed by atoms with E-state index in [1.807, 2.05) is 12.1 Å². The first-order valence-corrected chi connectivity index (χ1v) is 9.80. The van der Waals surface area contributed by atoms with Crippen LogP contribution in [0.15, 0.2) is 102 Å². The zero-order valence-corrected chi connectivity index (χ0v) is 15.8. The minimum Gasteiger partial charge on any atom is -0.465 e. The fraction of sp³-hybridized carbons (Fsp3) is 0.0800. The number of fused-ring (bicyclic) bond motifs is 5. The molecule has 0 bridgehead atoms. The van der Waals surface area contributed by atoms with Crippen LogP contribution in [0.25, 0.3) is 22.4 Å². The van der Waals surface area contributed by atoms with E-state index in [1.54, 1.807) is 6.26 Å². The van der Waals surface area contributed by atoms with E-state index in [1.165, 1.54) is 11.3 Å². The van der Waals surface area contributed by atoms with Gasteiger partial charge in [0, 0.05) is 17.8 Å². The van der Waals surface area contributed by atoms with Gasteiger partial charge in [0.15, 0.2) is 6.17 Å². The van der Waals surface area contributed by atoms with Crippen LogP contribution >= 0.6 is 0 Å². The van der Waals surface area contributed by atoms with Gasteiger partial charge in [-0.1, -0.05) is 54.6 Å². The lowest BCUT2D eigenvalue weighted by Crippen LogP contribution is -2.36. The molecule has 29 heavy (non-hydrogen) atoms. The molecule has 0 unspecified atom stereocenters. The SMILES string of the molecule is c1ccc(CN2c3ccccc3-c3nc4ccccc4n3[C@@H]2c2ccco2)cc1. The van der Waals surface area contributed by atoms with Crippen LogP contribution in [0.5, 0.6) is 0 Å². The second-order valence-corrected chi connectivity index (χ2v) is 7.31. The van der Waals surface area contributed by atoms with Crippen LogP contribution in [-0.2, 0) is 6.54 Å². The first-order valence-electron chi connectivity index (χ1n) is 9.80. The van der Waals surface area contributed by atoms with Crippen LogP contribution in [0.2, 0.25) is 0 Å². The lowest BCUT2D eigenvalue weighted by Gasteiger charge is -2.39. The third-order valence-electron chi connectivity index (χ3n) is 5.58. The highest BCUT2D eigenvalue weighted by molar-refractivity contribution is 5.87. The lowest BCUT2D eigenvalue weighted by molar-refractivity contribution is 0.414. The van der Waals surface area contributed by atoms with E-state index >= 15 is 0 Å². The van der Waals surface area contributed by atoms with Gasteiger partial charge in [0.1, 0.15) is 11.6 Å². The maximum Gasteiger partial charge on any atom is 0.167 e. The standard InChI is InChI=1S/C25H19N3O/c1-2-9-18(10-3-1)17-27-21-13-6-4-11-19(21)24-26-20-12-5-7-14-22(20)28(24)25(27)23-15-8-16-29-23/h1-16,25H,17H2/t25-/m1/s1. The Balaban J connectivity index is 1.64. The molecule has 4 nitrogen and oxygen atoms in total. The highest BCUT2D eigenvalue weighted by Gasteiger charge is 2.35. The fourth-order valence-electron chi connectivity index (χ4n) is 4.34. The van der Waals surface area contributed by atoms with Crippen LogP contribution in [0, 0.1) is 0 Å².